The molecule has 0 bridgehead atoms. The van der Waals surface area contributed by atoms with E-state index in [0.717, 1.165) is 0 Å². The Labute approximate surface area is 820 Å². The first-order valence-corrected chi connectivity index (χ1v) is 47.8. The summed E-state index contributed by atoms with van der Waals surface area (Å²) < 4.78 is 0. The summed E-state index contributed by atoms with van der Waals surface area (Å²) >= 11 is 1.38. The number of hydrogen-bond donors (Lipinski definition) is 25. The maximum absolute atomic E-state index is 14.7. The number of carboxylic acids is 1. The fourth-order valence-electron chi connectivity index (χ4n) is 14.4. The third-order valence-electron chi connectivity index (χ3n) is 22.4. The summed E-state index contributed by atoms with van der Waals surface area (Å²) in [6.07, 6.45) is 3.75. The number of aromatic amines is 1. The number of H-pyrrole nitrogens is 1. The number of hydrogen-bond acceptors (Lipinski definition) is 27. The molecule has 0 unspecified atom stereocenters. The van der Waals surface area contributed by atoms with E-state index >= 15 is 0 Å². The van der Waals surface area contributed by atoms with Crippen molar-refractivity contribution < 1.29 is 121 Å². The van der Waals surface area contributed by atoms with Gasteiger partial charge in [-0.15, -0.1) is 0 Å². The van der Waals surface area contributed by atoms with Gasteiger partial charge in [0.2, 0.25) is 124 Å². The van der Waals surface area contributed by atoms with E-state index in [1.165, 1.54) is 56.9 Å². The minimum absolute atomic E-state index is 0.0225. The number of imidazole rings is 1. The largest absolute Gasteiger partial charge is 0.480 e. The van der Waals surface area contributed by atoms with E-state index in [1.54, 1.807) is 122 Å². The van der Waals surface area contributed by atoms with Crippen molar-refractivity contribution in [3.05, 3.63) is 90.0 Å². The maximum atomic E-state index is 14.7. The highest BCUT2D eigenvalue weighted by atomic mass is 32.2. The smallest absolute Gasteiger partial charge is 0.322 e. The second-order valence-electron chi connectivity index (χ2n) is 35.8. The number of likely N-dealkylation sites (tertiary alicyclic amines) is 1. The van der Waals surface area contributed by atoms with Crippen LogP contribution in [0.4, 0.5) is 0 Å². The van der Waals surface area contributed by atoms with Gasteiger partial charge in [0.15, 0.2) is 0 Å². The molecule has 49 nitrogen and oxygen atoms in total. The average molecular weight is 2000 g/mol. The lowest BCUT2D eigenvalue weighted by atomic mass is 9.97. The molecule has 4 rings (SSSR count). The first kappa shape index (κ1) is 120. The molecule has 141 heavy (non-hydrogen) atoms. The van der Waals surface area contributed by atoms with Crippen LogP contribution in [-0.2, 0) is 125 Å². The number of rotatable bonds is 62. The molecule has 21 amide bonds. The van der Waals surface area contributed by atoms with E-state index in [0.29, 0.717) is 35.4 Å². The van der Waals surface area contributed by atoms with Crippen LogP contribution in [0.5, 0.6) is 0 Å². The van der Waals surface area contributed by atoms with Crippen molar-refractivity contribution >= 4 is 142 Å². The second kappa shape index (κ2) is 60.9. The minimum Gasteiger partial charge on any atom is -0.480 e. The second-order valence-corrected chi connectivity index (χ2v) is 36.8. The molecule has 0 radical (unpaired) electrons. The van der Waals surface area contributed by atoms with Crippen LogP contribution in [0.2, 0.25) is 0 Å². The zero-order chi connectivity index (χ0) is 106. The SMILES string of the molecule is CC[C@H](C)[C@H](NC(=O)CNC(=O)[C@H](CC(C)C)NC(=O)CNC(=O)[C@H](C)NC(=O)[C@H](C)NC(=O)[C@H](CC(N)=O)NC(=O)CNC(=O)[C@H](CC(C)C)NC(=O)[C@@H](NC(=O)[C@@H](NC(=O)[C@H](CO)NC(=O)[C@H](CO)NC(=O)[C@H](Cc1ccccc1)NC(=O)[C@H](Cc1cnc[nH]1)NC(=O)[C@@H]1CCCN1C(=O)[C@H](Cc1ccccc1)NC(=O)[C@@H](N)CCC(N)=O)C(C)C)C(C)C)C(=O)N[C@@H](CCSC)C(=O)NCC(=O)O. The average Bonchev–Trinajstić information content (AvgIpc) is 1.70. The summed E-state index contributed by atoms with van der Waals surface area (Å²) in [7, 11) is 0. The Hall–Kier alpha value is -13.8. The molecule has 2 heterocycles. The molecule has 1 aliphatic rings. The number of carbonyl (C=O) groups excluding carboxylic acids is 21. The Bertz CT molecular complexity index is 4770. The quantitative estimate of drug-likeness (QED) is 0.0250. The van der Waals surface area contributed by atoms with Gasteiger partial charge in [0.05, 0.1) is 51.6 Å². The van der Waals surface area contributed by atoms with Gasteiger partial charge in [-0.05, 0) is 105 Å². The van der Waals surface area contributed by atoms with Crippen molar-refractivity contribution in [3.63, 3.8) is 0 Å². The van der Waals surface area contributed by atoms with E-state index in [2.05, 4.69) is 106 Å². The number of aromatic nitrogens is 2. The number of benzene rings is 2. The highest BCUT2D eigenvalue weighted by Crippen LogP contribution is 2.22. The molecule has 0 spiro atoms. The Morgan fingerprint density at radius 1 is 0.440 bits per heavy atom. The number of thioether (sulfide) groups is 1. The minimum atomic E-state index is -1.90. The molecule has 17 atom stereocenters. The summed E-state index contributed by atoms with van der Waals surface area (Å²) in [5, 5.41) is 74.4. The number of amides is 21. The molecule has 1 saturated heterocycles. The van der Waals surface area contributed by atoms with Crippen molar-refractivity contribution in [1.82, 2.24) is 111 Å². The fourth-order valence-corrected chi connectivity index (χ4v) is 14.9. The number of nitrogens with one attached hydrogen (secondary N) is 19. The molecule has 50 heteroatoms. The van der Waals surface area contributed by atoms with Gasteiger partial charge in [0.25, 0.3) is 0 Å². The lowest BCUT2D eigenvalue weighted by molar-refractivity contribution is -0.142. The number of carbonyl (C=O) groups is 22. The topological polar surface area (TPSA) is 763 Å². The van der Waals surface area contributed by atoms with Gasteiger partial charge in [-0.2, -0.15) is 11.8 Å². The standard InChI is InChI=1S/C91H140N24O25S/c1-14-50(10)75(90(139)105-57(29-31-141-13)79(128)99-42-72(123)124)112-71(122)41-98-80(129)58(32-46(2)3)103-69(120)39-96-76(125)51(11)101-77(126)52(12)102-82(131)62(37-68(94)119)104-70(121)40-97-81(130)59(33-47(4)5)108-88(137)73(48(6)7)114-89(138)74(49(8)9)113-86(135)65(44-117)111-85(134)64(43-116)110-83(132)60(34-53-22-17-15-18-23-53)106-84(133)61(36-55-38-95-45-100-55)107-87(136)66-26-21-30-115(66)91(140)63(35-54-24-19-16-20-25-54)109-78(127)56(92)27-28-67(93)118/h15-20,22-25,38,45-52,56-66,73-75,116-117H,14,21,26-37,39-44,92H2,1-13H3,(H2,93,118)(H2,94,119)(H,95,100)(H,96,125)(H,97,130)(H,98,129)(H,99,128)(H,101,126)(H,102,131)(H,103,120)(H,104,121)(H,105,139)(H,106,133)(H,107,136)(H,108,137)(H,109,127)(H,110,132)(H,111,134)(H,112,122)(H,113,135)(H,114,138)(H,123,124)/t50-,51-,52-,56-,57-,58-,59-,60-,61-,62-,63-,64-,65-,66-,73-,74-,75-/m0/s1. The van der Waals surface area contributed by atoms with Gasteiger partial charge in [-0.3, -0.25) is 105 Å². The van der Waals surface area contributed by atoms with Gasteiger partial charge in [0, 0.05) is 44.1 Å². The van der Waals surface area contributed by atoms with Crippen LogP contribution in [-0.4, -0.2) is 315 Å². The summed E-state index contributed by atoms with van der Waals surface area (Å²) in [6.45, 7) is 13.6. The Kier molecular flexibility index (Phi) is 51.7. The molecule has 2 aromatic carbocycles. The lowest BCUT2D eigenvalue weighted by Crippen LogP contribution is -2.62. The van der Waals surface area contributed by atoms with Crippen molar-refractivity contribution in [3.8, 4) is 0 Å². The Morgan fingerprint density at radius 3 is 1.35 bits per heavy atom. The molecule has 0 saturated carbocycles. The predicted octanol–water partition coefficient (Wildman–Crippen LogP) is -7.54. The van der Waals surface area contributed by atoms with E-state index in [9.17, 15) is 116 Å². The first-order valence-electron chi connectivity index (χ1n) is 46.4. The van der Waals surface area contributed by atoms with Gasteiger partial charge in [0.1, 0.15) is 97.2 Å². The summed E-state index contributed by atoms with van der Waals surface area (Å²) in [5.74, 6) is -22.7. The van der Waals surface area contributed by atoms with Gasteiger partial charge in [-0.25, -0.2) is 4.98 Å². The molecule has 0 aliphatic carbocycles. The number of nitrogens with two attached hydrogens (primary N) is 3. The Balaban J connectivity index is 1.37. The van der Waals surface area contributed by atoms with Crippen LogP contribution in [0.15, 0.2) is 73.2 Å². The highest BCUT2D eigenvalue weighted by Gasteiger charge is 2.43. The normalized spacial score (nSPS) is 15.7. The molecule has 1 aliphatic heterocycles. The number of aliphatic carboxylic acids is 1. The zero-order valence-electron chi connectivity index (χ0n) is 81.6. The van der Waals surface area contributed by atoms with Crippen LogP contribution in [0, 0.1) is 29.6 Å². The number of aliphatic hydroxyl groups excluding tert-OH is 2. The van der Waals surface area contributed by atoms with Crippen LogP contribution in [0.25, 0.3) is 0 Å². The number of nitrogens with zero attached hydrogens (tertiary/aromatic N) is 2. The number of carboxylic acid groups (broad SMARTS) is 1. The van der Waals surface area contributed by atoms with Crippen LogP contribution in [0.1, 0.15) is 158 Å². The van der Waals surface area contributed by atoms with Crippen LogP contribution in [0.3, 0.4) is 0 Å². The van der Waals surface area contributed by atoms with E-state index in [1.807, 2.05) is 0 Å². The summed E-state index contributed by atoms with van der Waals surface area (Å²) in [5.41, 5.74) is 18.3. The third-order valence-corrected chi connectivity index (χ3v) is 23.1. The summed E-state index contributed by atoms with van der Waals surface area (Å²) in [6, 6.07) is -6.26. The molecule has 780 valence electrons. The van der Waals surface area contributed by atoms with Crippen molar-refractivity contribution in [2.24, 2.45) is 46.8 Å². The molecule has 1 aromatic heterocycles. The van der Waals surface area contributed by atoms with Crippen LogP contribution >= 0.6 is 11.8 Å². The first-order chi connectivity index (χ1) is 66.5. The predicted molar refractivity (Wildman–Crippen MR) is 511 cm³/mol. The van der Waals surface area contributed by atoms with Crippen molar-refractivity contribution in [1.29, 1.82) is 0 Å². The van der Waals surface area contributed by atoms with Gasteiger partial charge >= 0.3 is 5.97 Å². The van der Waals surface area contributed by atoms with E-state index in [-0.39, 0.29) is 76.2 Å². The van der Waals surface area contributed by atoms with Gasteiger partial charge in [-0.1, -0.05) is 136 Å². The monoisotopic (exact) mass is 2000 g/mol. The zero-order valence-corrected chi connectivity index (χ0v) is 82.4. The van der Waals surface area contributed by atoms with Crippen LogP contribution < -0.4 is 113 Å². The van der Waals surface area contributed by atoms with Gasteiger partial charge < -0.3 is 138 Å². The molecule has 1 fully saturated rings. The highest BCUT2D eigenvalue weighted by molar-refractivity contribution is 7.98. The molecule has 3 aromatic rings. The maximum Gasteiger partial charge on any atom is 0.322 e. The fraction of sp³-hybridized carbons (Fsp3) is 0.593. The molecule has 28 N–H and O–H groups in total. The Morgan fingerprint density at radius 2 is 0.858 bits per heavy atom. The summed E-state index contributed by atoms with van der Waals surface area (Å²) in [4.78, 5) is 305. The van der Waals surface area contributed by atoms with E-state index in [4.69, 9.17) is 22.3 Å². The van der Waals surface area contributed by atoms with Crippen molar-refractivity contribution in [2.75, 3.05) is 57.9 Å². The third kappa shape index (κ3) is 42.4. The number of primary amides is 2. The molecular formula is C91H140N24O25S. The molecular weight excluding hydrogens is 1860 g/mol. The van der Waals surface area contributed by atoms with Crippen molar-refractivity contribution in [2.45, 2.75) is 257 Å². The lowest BCUT2D eigenvalue weighted by Gasteiger charge is -2.31. The number of aliphatic hydroxyl groups is 2. The van der Waals surface area contributed by atoms with E-state index < -0.39 is 290 Å².